The number of hydrogen-bond donors (Lipinski definition) is 3. The lowest BCUT2D eigenvalue weighted by atomic mass is 10.0. The van der Waals surface area contributed by atoms with Crippen molar-refractivity contribution in [1.82, 2.24) is 24.5 Å². The molecule has 1 amide bonds. The molecule has 4 rings (SSSR count). The summed E-state index contributed by atoms with van der Waals surface area (Å²) in [5.41, 5.74) is 5.00. The number of piperidine rings is 1. The first-order valence-corrected chi connectivity index (χ1v) is 11.2. The number of aliphatic hydroxyl groups is 1. The molecule has 3 N–H and O–H groups in total. The Morgan fingerprint density at radius 1 is 1.29 bits per heavy atom. The maximum atomic E-state index is 14.7. The number of pyridine rings is 1. The Kier molecular flexibility index (Phi) is 6.73. The molecule has 0 aliphatic carbocycles. The smallest absolute Gasteiger partial charge is 0.248 e. The van der Waals surface area contributed by atoms with Gasteiger partial charge in [0.25, 0.3) is 0 Å². The summed E-state index contributed by atoms with van der Waals surface area (Å²) in [5, 5.41) is 19.7. The molecule has 3 aromatic heterocycles. The second-order valence-electron chi connectivity index (χ2n) is 8.47. The van der Waals surface area contributed by atoms with E-state index in [1.165, 1.54) is 4.90 Å². The van der Waals surface area contributed by atoms with Gasteiger partial charge in [0, 0.05) is 31.1 Å². The highest BCUT2D eigenvalue weighted by Gasteiger charge is 2.32. The summed E-state index contributed by atoms with van der Waals surface area (Å²) in [6.45, 7) is 5.48. The van der Waals surface area contributed by atoms with Gasteiger partial charge < -0.3 is 20.6 Å². The Hall–Kier alpha value is -3.60. The quantitative estimate of drug-likeness (QED) is 0.476. The number of fused-ring (bicyclic) bond motifs is 1. The molecule has 0 radical (unpaired) electrons. The van der Waals surface area contributed by atoms with Crippen molar-refractivity contribution < 1.29 is 14.3 Å². The number of aryl methyl sites for hydroxylation is 1. The zero-order chi connectivity index (χ0) is 24.4. The van der Waals surface area contributed by atoms with Crippen LogP contribution in [0.2, 0.25) is 0 Å². The molecule has 0 aromatic carbocycles. The predicted octanol–water partition coefficient (Wildman–Crippen LogP) is 2.60. The number of aliphatic imine (C=N–C) groups is 1. The molecular weight excluding hydrogens is 439 g/mol. The highest BCUT2D eigenvalue weighted by molar-refractivity contribution is 5.88. The molecule has 11 heteroatoms. The van der Waals surface area contributed by atoms with E-state index in [1.54, 1.807) is 11.6 Å². The van der Waals surface area contributed by atoms with Crippen LogP contribution in [0.4, 0.5) is 21.8 Å². The highest BCUT2D eigenvalue weighted by atomic mass is 19.1. The maximum Gasteiger partial charge on any atom is 0.248 e. The molecule has 1 aliphatic rings. The summed E-state index contributed by atoms with van der Waals surface area (Å²) in [5.74, 6) is 0.386. The van der Waals surface area contributed by atoms with Crippen LogP contribution < -0.4 is 10.6 Å². The maximum absolute atomic E-state index is 14.7. The minimum Gasteiger partial charge on any atom is -0.387 e. The number of carbonyl (C=O) groups excluding carboxylic acids is 1. The second kappa shape index (κ2) is 9.72. The second-order valence-corrected chi connectivity index (χ2v) is 8.47. The van der Waals surface area contributed by atoms with E-state index in [1.807, 2.05) is 45.2 Å². The van der Waals surface area contributed by atoms with Crippen molar-refractivity contribution in [3.8, 4) is 11.3 Å². The zero-order valence-corrected chi connectivity index (χ0v) is 19.7. The molecular formula is C23H29FN8O2. The fourth-order valence-corrected chi connectivity index (χ4v) is 4.09. The summed E-state index contributed by atoms with van der Waals surface area (Å²) in [7, 11) is 1.76. The first-order valence-electron chi connectivity index (χ1n) is 11.2. The number of hydrogen-bond acceptors (Lipinski definition) is 8. The molecule has 180 valence electrons. The minimum absolute atomic E-state index is 0.0749. The Morgan fingerprint density at radius 3 is 2.74 bits per heavy atom. The van der Waals surface area contributed by atoms with Crippen molar-refractivity contribution in [2.75, 3.05) is 37.4 Å². The lowest BCUT2D eigenvalue weighted by molar-refractivity contribution is -0.136. The van der Waals surface area contributed by atoms with E-state index < -0.39 is 24.7 Å². The van der Waals surface area contributed by atoms with E-state index in [4.69, 9.17) is 10.1 Å². The van der Waals surface area contributed by atoms with Crippen LogP contribution in [0.25, 0.3) is 16.8 Å². The molecule has 2 atom stereocenters. The average Bonchev–Trinajstić information content (AvgIpc) is 3.24. The van der Waals surface area contributed by atoms with Crippen LogP contribution in [-0.4, -0.2) is 80.2 Å². The van der Waals surface area contributed by atoms with Crippen LogP contribution in [-0.2, 0) is 4.79 Å². The minimum atomic E-state index is -1.30. The summed E-state index contributed by atoms with van der Waals surface area (Å²) in [6.07, 6.45) is 0.893. The number of carbonyl (C=O) groups is 1. The summed E-state index contributed by atoms with van der Waals surface area (Å²) < 4.78 is 16.4. The highest BCUT2D eigenvalue weighted by Crippen LogP contribution is 2.31. The van der Waals surface area contributed by atoms with Gasteiger partial charge >= 0.3 is 0 Å². The molecule has 1 saturated heterocycles. The molecule has 0 bridgehead atoms. The number of nitrogens with one attached hydrogen (secondary N) is 2. The Bertz CT molecular complexity index is 1240. The van der Waals surface area contributed by atoms with Gasteiger partial charge in [-0.2, -0.15) is 4.98 Å². The van der Waals surface area contributed by atoms with Crippen LogP contribution in [0, 0.1) is 6.92 Å². The molecule has 34 heavy (non-hydrogen) atoms. The van der Waals surface area contributed by atoms with Crippen LogP contribution in [0.15, 0.2) is 29.4 Å². The topological polar surface area (TPSA) is 120 Å². The lowest BCUT2D eigenvalue weighted by Gasteiger charge is -2.34. The number of amides is 1. The normalized spacial score (nSPS) is 18.1. The third-order valence-corrected chi connectivity index (χ3v) is 5.77. The SMILES string of the molecule is CNc1nc(NC2CCN(C(=O)CO)CC2F)nn2ccc(-c3ccc(N=C(C)C)c(C)n3)c12. The van der Waals surface area contributed by atoms with Gasteiger partial charge in [0.1, 0.15) is 18.3 Å². The lowest BCUT2D eigenvalue weighted by Crippen LogP contribution is -2.50. The average molecular weight is 469 g/mol. The van der Waals surface area contributed by atoms with Gasteiger partial charge in [0.15, 0.2) is 5.82 Å². The van der Waals surface area contributed by atoms with E-state index in [0.717, 1.165) is 33.9 Å². The fraction of sp³-hybridized carbons (Fsp3) is 0.435. The first-order chi connectivity index (χ1) is 16.3. The number of halogens is 1. The summed E-state index contributed by atoms with van der Waals surface area (Å²) in [6, 6.07) is 5.24. The number of rotatable bonds is 6. The van der Waals surface area contributed by atoms with Gasteiger partial charge in [-0.05, 0) is 45.4 Å². The summed E-state index contributed by atoms with van der Waals surface area (Å²) in [4.78, 5) is 26.8. The van der Waals surface area contributed by atoms with Gasteiger partial charge in [-0.1, -0.05) is 0 Å². The molecule has 3 aromatic rings. The van der Waals surface area contributed by atoms with E-state index in [9.17, 15) is 9.18 Å². The Morgan fingerprint density at radius 2 is 2.09 bits per heavy atom. The van der Waals surface area contributed by atoms with Crippen molar-refractivity contribution in [2.24, 2.45) is 4.99 Å². The van der Waals surface area contributed by atoms with Gasteiger partial charge in [-0.15, -0.1) is 5.10 Å². The number of aromatic nitrogens is 4. The third kappa shape index (κ3) is 4.69. The van der Waals surface area contributed by atoms with Crippen LogP contribution in [0.5, 0.6) is 0 Å². The van der Waals surface area contributed by atoms with Crippen molar-refractivity contribution >= 4 is 34.6 Å². The third-order valence-electron chi connectivity index (χ3n) is 5.77. The molecule has 0 saturated carbocycles. The van der Waals surface area contributed by atoms with Gasteiger partial charge in [-0.3, -0.25) is 14.8 Å². The van der Waals surface area contributed by atoms with Gasteiger partial charge in [0.05, 0.1) is 29.7 Å². The number of likely N-dealkylation sites (tertiary alicyclic amines) is 1. The van der Waals surface area contributed by atoms with E-state index in [-0.39, 0.29) is 12.5 Å². The zero-order valence-electron chi connectivity index (χ0n) is 19.7. The number of anilines is 2. The first kappa shape index (κ1) is 23.6. The standard InChI is InChI=1S/C23H29FN8O2/c1-13(2)26-17-5-6-18(27-14(17)3)15-7-10-32-21(15)22(25-4)29-23(30-32)28-19-8-9-31(11-16(19)24)20(34)12-33/h5-7,10,16,19,33H,8-9,11-12H2,1-4H3,(H2,25,28,29,30). The van der Waals surface area contributed by atoms with Crippen molar-refractivity contribution in [3.05, 3.63) is 30.1 Å². The molecule has 1 fully saturated rings. The monoisotopic (exact) mass is 468 g/mol. The van der Waals surface area contributed by atoms with E-state index >= 15 is 0 Å². The van der Waals surface area contributed by atoms with Crippen LogP contribution >= 0.6 is 0 Å². The molecule has 0 spiro atoms. The summed E-state index contributed by atoms with van der Waals surface area (Å²) >= 11 is 0. The van der Waals surface area contributed by atoms with E-state index in [0.29, 0.717) is 18.8 Å². The molecule has 4 heterocycles. The van der Waals surface area contributed by atoms with Crippen molar-refractivity contribution in [1.29, 1.82) is 0 Å². The van der Waals surface area contributed by atoms with Crippen LogP contribution in [0.3, 0.4) is 0 Å². The fourth-order valence-electron chi connectivity index (χ4n) is 4.09. The molecule has 2 unspecified atom stereocenters. The van der Waals surface area contributed by atoms with Crippen LogP contribution in [0.1, 0.15) is 26.0 Å². The van der Waals surface area contributed by atoms with Gasteiger partial charge in [0.2, 0.25) is 11.9 Å². The largest absolute Gasteiger partial charge is 0.387 e. The number of nitrogens with zero attached hydrogens (tertiary/aromatic N) is 6. The Balaban J connectivity index is 1.61. The van der Waals surface area contributed by atoms with E-state index in [2.05, 4.69) is 25.7 Å². The predicted molar refractivity (Wildman–Crippen MR) is 130 cm³/mol. The molecule has 1 aliphatic heterocycles. The number of alkyl halides is 1. The molecule has 10 nitrogen and oxygen atoms in total. The van der Waals surface area contributed by atoms with Gasteiger partial charge in [-0.25, -0.2) is 8.91 Å². The van der Waals surface area contributed by atoms with Crippen molar-refractivity contribution in [3.63, 3.8) is 0 Å². The number of aliphatic hydroxyl groups excluding tert-OH is 1. The Labute approximate surface area is 196 Å². The van der Waals surface area contributed by atoms with Crippen molar-refractivity contribution in [2.45, 2.75) is 39.4 Å².